The number of aliphatic hydroxyl groups excluding tert-OH is 1. The van der Waals surface area contributed by atoms with Crippen molar-refractivity contribution < 1.29 is 10.0 Å². The maximum absolute atomic E-state index is 10.7. The van der Waals surface area contributed by atoms with Crippen LogP contribution in [0.5, 0.6) is 0 Å². The molecule has 0 saturated carbocycles. The van der Waals surface area contributed by atoms with Crippen LogP contribution in [0.4, 0.5) is 11.5 Å². The van der Waals surface area contributed by atoms with Crippen LogP contribution in [0.15, 0.2) is 18.3 Å². The highest BCUT2D eigenvalue weighted by atomic mass is 16.6. The molecule has 1 saturated heterocycles. The summed E-state index contributed by atoms with van der Waals surface area (Å²) in [6, 6.07) is 2.92. The summed E-state index contributed by atoms with van der Waals surface area (Å²) in [5.41, 5.74) is 0.0734. The zero-order valence-electron chi connectivity index (χ0n) is 10.2. The molecule has 0 aliphatic carbocycles. The lowest BCUT2D eigenvalue weighted by Crippen LogP contribution is -2.36. The predicted octanol–water partition coefficient (Wildman–Crippen LogP) is 1.59. The van der Waals surface area contributed by atoms with Crippen LogP contribution >= 0.6 is 0 Å². The van der Waals surface area contributed by atoms with Crippen LogP contribution in [0.2, 0.25) is 0 Å². The standard InChI is InChI=1S/C12H17N3O3/c16-7-4-10-2-1-6-14(9-10)12-8-11(15(17)18)3-5-13-12/h3,5,8,10,16H,1-2,4,6-7,9H2. The molecule has 6 heteroatoms. The minimum atomic E-state index is -0.402. The highest BCUT2D eigenvalue weighted by Crippen LogP contribution is 2.25. The van der Waals surface area contributed by atoms with E-state index in [1.54, 1.807) is 0 Å². The van der Waals surface area contributed by atoms with Gasteiger partial charge in [-0.05, 0) is 25.2 Å². The Kier molecular flexibility index (Phi) is 4.09. The third kappa shape index (κ3) is 2.95. The average molecular weight is 251 g/mol. The highest BCUT2D eigenvalue weighted by molar-refractivity contribution is 5.46. The molecule has 0 spiro atoms. The van der Waals surface area contributed by atoms with Crippen molar-refractivity contribution in [3.8, 4) is 0 Å². The molecule has 0 amide bonds. The lowest BCUT2D eigenvalue weighted by atomic mass is 9.95. The molecule has 1 N–H and O–H groups in total. The van der Waals surface area contributed by atoms with Crippen molar-refractivity contribution in [3.63, 3.8) is 0 Å². The zero-order chi connectivity index (χ0) is 13.0. The predicted molar refractivity (Wildman–Crippen MR) is 67.5 cm³/mol. The number of nitrogens with zero attached hydrogens (tertiary/aromatic N) is 3. The monoisotopic (exact) mass is 251 g/mol. The fourth-order valence-electron chi connectivity index (χ4n) is 2.39. The first kappa shape index (κ1) is 12.8. The molecular weight excluding hydrogens is 234 g/mol. The van der Waals surface area contributed by atoms with Gasteiger partial charge in [-0.1, -0.05) is 0 Å². The first-order valence-corrected chi connectivity index (χ1v) is 6.17. The summed E-state index contributed by atoms with van der Waals surface area (Å²) >= 11 is 0. The topological polar surface area (TPSA) is 79.5 Å². The molecule has 98 valence electrons. The van der Waals surface area contributed by atoms with Crippen molar-refractivity contribution >= 4 is 11.5 Å². The number of hydrogen-bond donors (Lipinski definition) is 1. The fourth-order valence-corrected chi connectivity index (χ4v) is 2.39. The van der Waals surface area contributed by atoms with E-state index in [4.69, 9.17) is 5.11 Å². The maximum Gasteiger partial charge on any atom is 0.274 e. The third-order valence-electron chi connectivity index (χ3n) is 3.32. The summed E-state index contributed by atoms with van der Waals surface area (Å²) in [5, 5.41) is 19.7. The Labute approximate surface area is 105 Å². The molecule has 1 aromatic rings. The van der Waals surface area contributed by atoms with Crippen molar-refractivity contribution in [2.24, 2.45) is 5.92 Å². The minimum Gasteiger partial charge on any atom is -0.396 e. The van der Waals surface area contributed by atoms with E-state index < -0.39 is 4.92 Å². The quantitative estimate of drug-likeness (QED) is 0.649. The van der Waals surface area contributed by atoms with E-state index >= 15 is 0 Å². The molecule has 0 bridgehead atoms. The van der Waals surface area contributed by atoms with Crippen molar-refractivity contribution in [2.45, 2.75) is 19.3 Å². The molecule has 1 aliphatic rings. The van der Waals surface area contributed by atoms with E-state index in [0.29, 0.717) is 11.7 Å². The van der Waals surface area contributed by atoms with Crippen LogP contribution < -0.4 is 4.90 Å². The average Bonchev–Trinajstić information content (AvgIpc) is 2.39. The van der Waals surface area contributed by atoms with Crippen molar-refractivity contribution in [3.05, 3.63) is 28.4 Å². The van der Waals surface area contributed by atoms with Crippen molar-refractivity contribution in [1.82, 2.24) is 4.98 Å². The Morgan fingerprint density at radius 1 is 1.61 bits per heavy atom. The van der Waals surface area contributed by atoms with Gasteiger partial charge in [-0.25, -0.2) is 4.98 Å². The molecule has 1 fully saturated rings. The summed E-state index contributed by atoms with van der Waals surface area (Å²) < 4.78 is 0. The van der Waals surface area contributed by atoms with Gasteiger partial charge in [-0.15, -0.1) is 0 Å². The molecular formula is C12H17N3O3. The van der Waals surface area contributed by atoms with Crippen LogP contribution in [-0.2, 0) is 0 Å². The fraction of sp³-hybridized carbons (Fsp3) is 0.583. The molecule has 6 nitrogen and oxygen atoms in total. The summed E-state index contributed by atoms with van der Waals surface area (Å²) in [6.07, 6.45) is 4.40. The normalized spacial score (nSPS) is 19.8. The van der Waals surface area contributed by atoms with Crippen LogP contribution in [0, 0.1) is 16.0 Å². The van der Waals surface area contributed by atoms with E-state index in [1.165, 1.54) is 18.3 Å². The van der Waals surface area contributed by atoms with E-state index in [0.717, 1.165) is 32.4 Å². The van der Waals surface area contributed by atoms with Gasteiger partial charge in [0.1, 0.15) is 5.82 Å². The number of rotatable bonds is 4. The van der Waals surface area contributed by atoms with Crippen LogP contribution in [0.3, 0.4) is 0 Å². The van der Waals surface area contributed by atoms with Gasteiger partial charge in [-0.3, -0.25) is 10.1 Å². The lowest BCUT2D eigenvalue weighted by Gasteiger charge is -2.33. The molecule has 0 radical (unpaired) electrons. The van der Waals surface area contributed by atoms with E-state index in [9.17, 15) is 10.1 Å². The van der Waals surface area contributed by atoms with Crippen molar-refractivity contribution in [2.75, 3.05) is 24.6 Å². The largest absolute Gasteiger partial charge is 0.396 e. The van der Waals surface area contributed by atoms with Crippen molar-refractivity contribution in [1.29, 1.82) is 0 Å². The SMILES string of the molecule is O=[N+]([O-])c1ccnc(N2CCCC(CCO)C2)c1. The number of anilines is 1. The minimum absolute atomic E-state index is 0.0734. The van der Waals surface area contributed by atoms with Gasteiger partial charge < -0.3 is 10.0 Å². The zero-order valence-corrected chi connectivity index (χ0v) is 10.2. The molecule has 0 aromatic carbocycles. The number of nitro groups is 1. The summed E-state index contributed by atoms with van der Waals surface area (Å²) in [6.45, 7) is 1.88. The smallest absolute Gasteiger partial charge is 0.274 e. The second-order valence-corrected chi connectivity index (χ2v) is 4.60. The molecule has 2 heterocycles. The number of pyridine rings is 1. The molecule has 1 atom stereocenters. The second kappa shape index (κ2) is 5.77. The number of piperidine rings is 1. The van der Waals surface area contributed by atoms with Gasteiger partial charge in [0.15, 0.2) is 0 Å². The van der Waals surface area contributed by atoms with Gasteiger partial charge in [0, 0.05) is 32.0 Å². The van der Waals surface area contributed by atoms with E-state index in [-0.39, 0.29) is 12.3 Å². The summed E-state index contributed by atoms with van der Waals surface area (Å²) in [4.78, 5) is 16.6. The highest BCUT2D eigenvalue weighted by Gasteiger charge is 2.21. The summed E-state index contributed by atoms with van der Waals surface area (Å²) in [7, 11) is 0. The van der Waals surface area contributed by atoms with Crippen LogP contribution in [-0.4, -0.2) is 34.7 Å². The number of hydrogen-bond acceptors (Lipinski definition) is 5. The van der Waals surface area contributed by atoms with Gasteiger partial charge >= 0.3 is 0 Å². The Morgan fingerprint density at radius 2 is 2.44 bits per heavy atom. The Bertz CT molecular complexity index is 423. The Hall–Kier alpha value is -1.69. The van der Waals surface area contributed by atoms with Crippen LogP contribution in [0.1, 0.15) is 19.3 Å². The first-order valence-electron chi connectivity index (χ1n) is 6.17. The molecule has 1 aromatic heterocycles. The molecule has 1 aliphatic heterocycles. The number of aromatic nitrogens is 1. The number of aliphatic hydroxyl groups is 1. The third-order valence-corrected chi connectivity index (χ3v) is 3.32. The van der Waals surface area contributed by atoms with Gasteiger partial charge in [0.25, 0.3) is 5.69 Å². The summed E-state index contributed by atoms with van der Waals surface area (Å²) in [5.74, 6) is 1.11. The van der Waals surface area contributed by atoms with E-state index in [2.05, 4.69) is 9.88 Å². The van der Waals surface area contributed by atoms with E-state index in [1.807, 2.05) is 0 Å². The second-order valence-electron chi connectivity index (χ2n) is 4.60. The Morgan fingerprint density at radius 3 is 3.17 bits per heavy atom. The molecule has 1 unspecified atom stereocenters. The molecule has 18 heavy (non-hydrogen) atoms. The van der Waals surface area contributed by atoms with Gasteiger partial charge in [0.05, 0.1) is 11.0 Å². The maximum atomic E-state index is 10.7. The van der Waals surface area contributed by atoms with Crippen LogP contribution in [0.25, 0.3) is 0 Å². The van der Waals surface area contributed by atoms with Gasteiger partial charge in [0.2, 0.25) is 0 Å². The first-order chi connectivity index (χ1) is 8.70. The molecule has 2 rings (SSSR count). The van der Waals surface area contributed by atoms with Gasteiger partial charge in [-0.2, -0.15) is 0 Å². The Balaban J connectivity index is 2.10. The lowest BCUT2D eigenvalue weighted by molar-refractivity contribution is -0.384.